The molecule has 2 aliphatic rings. The first-order chi connectivity index (χ1) is 10.5. The second-order valence-electron chi connectivity index (χ2n) is 5.76. The summed E-state index contributed by atoms with van der Waals surface area (Å²) >= 11 is 6.19. The van der Waals surface area contributed by atoms with Crippen LogP contribution in [0.25, 0.3) is 0 Å². The number of carbonyl (C=O) groups is 1. The molecule has 0 atom stereocenters. The van der Waals surface area contributed by atoms with Crippen LogP contribution in [-0.2, 0) is 10.0 Å². The van der Waals surface area contributed by atoms with Gasteiger partial charge in [0.2, 0.25) is 10.0 Å². The van der Waals surface area contributed by atoms with Gasteiger partial charge in [-0.15, -0.1) is 0 Å². The van der Waals surface area contributed by atoms with Gasteiger partial charge in [0.1, 0.15) is 0 Å². The number of hydrogen-bond donors (Lipinski definition) is 0. The molecule has 2 saturated heterocycles. The first-order valence-electron chi connectivity index (χ1n) is 7.58. The Morgan fingerprint density at radius 2 is 1.73 bits per heavy atom. The van der Waals surface area contributed by atoms with E-state index in [1.807, 2.05) is 0 Å². The molecule has 2 aliphatic heterocycles. The van der Waals surface area contributed by atoms with Crippen molar-refractivity contribution in [2.45, 2.75) is 25.7 Å². The zero-order valence-corrected chi connectivity index (χ0v) is 13.9. The van der Waals surface area contributed by atoms with Crippen LogP contribution >= 0.6 is 11.6 Å². The number of amides is 1. The second kappa shape index (κ2) is 6.08. The van der Waals surface area contributed by atoms with E-state index in [-0.39, 0.29) is 11.7 Å². The molecule has 0 unspecified atom stereocenters. The summed E-state index contributed by atoms with van der Waals surface area (Å²) in [5, 5.41) is 0.364. The van der Waals surface area contributed by atoms with Crippen LogP contribution in [0.4, 0.5) is 5.69 Å². The quantitative estimate of drug-likeness (QED) is 0.829. The number of sulfonamides is 1. The predicted octanol–water partition coefficient (Wildman–Crippen LogP) is 2.51. The van der Waals surface area contributed by atoms with Crippen molar-refractivity contribution >= 4 is 33.2 Å². The molecule has 0 spiro atoms. The fourth-order valence-corrected chi connectivity index (χ4v) is 4.92. The van der Waals surface area contributed by atoms with Crippen LogP contribution in [0, 0.1) is 0 Å². The van der Waals surface area contributed by atoms with Gasteiger partial charge in [-0.3, -0.25) is 9.10 Å². The summed E-state index contributed by atoms with van der Waals surface area (Å²) in [6.45, 7) is 1.95. The molecule has 0 bridgehead atoms. The van der Waals surface area contributed by atoms with Crippen molar-refractivity contribution in [1.29, 1.82) is 0 Å². The van der Waals surface area contributed by atoms with E-state index in [0.29, 0.717) is 29.2 Å². The van der Waals surface area contributed by atoms with E-state index in [4.69, 9.17) is 11.6 Å². The molecule has 7 heteroatoms. The Morgan fingerprint density at radius 3 is 2.41 bits per heavy atom. The number of anilines is 1. The third-order valence-corrected chi connectivity index (χ3v) is 6.38. The highest BCUT2D eigenvalue weighted by molar-refractivity contribution is 7.92. The summed E-state index contributed by atoms with van der Waals surface area (Å²) in [7, 11) is -3.34. The van der Waals surface area contributed by atoms with Gasteiger partial charge in [-0.05, 0) is 43.9 Å². The van der Waals surface area contributed by atoms with E-state index in [9.17, 15) is 13.2 Å². The summed E-state index contributed by atoms with van der Waals surface area (Å²) in [5.41, 5.74) is 0.925. The Bertz CT molecular complexity index is 684. The number of halogens is 1. The topological polar surface area (TPSA) is 57.7 Å². The monoisotopic (exact) mass is 342 g/mol. The van der Waals surface area contributed by atoms with Crippen molar-refractivity contribution in [3.63, 3.8) is 0 Å². The predicted molar refractivity (Wildman–Crippen MR) is 87.0 cm³/mol. The minimum atomic E-state index is -3.34. The minimum absolute atomic E-state index is 0.0511. The molecule has 0 aromatic heterocycles. The van der Waals surface area contributed by atoms with Gasteiger partial charge in [-0.2, -0.15) is 0 Å². The Kier molecular flexibility index (Phi) is 4.32. The van der Waals surface area contributed by atoms with Crippen LogP contribution < -0.4 is 4.31 Å². The number of nitrogens with zero attached hydrogens (tertiary/aromatic N) is 2. The molecule has 0 radical (unpaired) electrons. The van der Waals surface area contributed by atoms with Gasteiger partial charge in [-0.25, -0.2) is 8.42 Å². The molecule has 3 rings (SSSR count). The van der Waals surface area contributed by atoms with Gasteiger partial charge in [0, 0.05) is 25.2 Å². The minimum Gasteiger partial charge on any atom is -0.339 e. The van der Waals surface area contributed by atoms with Crippen molar-refractivity contribution in [3.8, 4) is 0 Å². The number of carbonyl (C=O) groups excluding carboxylic acids is 1. The number of rotatable bonds is 2. The summed E-state index contributed by atoms with van der Waals surface area (Å²) in [5.74, 6) is 0.0815. The van der Waals surface area contributed by atoms with Gasteiger partial charge in [0.05, 0.1) is 16.5 Å². The van der Waals surface area contributed by atoms with Crippen LogP contribution in [0.2, 0.25) is 5.02 Å². The summed E-state index contributed by atoms with van der Waals surface area (Å²) in [6, 6.07) is 4.90. The molecule has 2 fully saturated rings. The van der Waals surface area contributed by atoms with Gasteiger partial charge < -0.3 is 4.90 Å². The molecule has 0 N–H and O–H groups in total. The van der Waals surface area contributed by atoms with E-state index in [1.54, 1.807) is 23.1 Å². The van der Waals surface area contributed by atoms with Crippen molar-refractivity contribution < 1.29 is 13.2 Å². The zero-order chi connectivity index (χ0) is 15.7. The first kappa shape index (κ1) is 15.6. The molecule has 1 aromatic carbocycles. The van der Waals surface area contributed by atoms with Crippen molar-refractivity contribution in [1.82, 2.24) is 4.90 Å². The maximum Gasteiger partial charge on any atom is 0.253 e. The van der Waals surface area contributed by atoms with Gasteiger partial charge in [0.25, 0.3) is 5.91 Å². The lowest BCUT2D eigenvalue weighted by Gasteiger charge is -2.29. The fraction of sp³-hybridized carbons (Fsp3) is 0.533. The Morgan fingerprint density at radius 1 is 1.05 bits per heavy atom. The number of hydrogen-bond acceptors (Lipinski definition) is 3. The molecule has 0 aliphatic carbocycles. The molecule has 1 aromatic rings. The summed E-state index contributed by atoms with van der Waals surface area (Å²) < 4.78 is 25.8. The van der Waals surface area contributed by atoms with Crippen molar-refractivity contribution in [2.24, 2.45) is 0 Å². The van der Waals surface area contributed by atoms with Gasteiger partial charge in [-0.1, -0.05) is 11.6 Å². The zero-order valence-electron chi connectivity index (χ0n) is 12.3. The van der Waals surface area contributed by atoms with Crippen molar-refractivity contribution in [2.75, 3.05) is 29.7 Å². The van der Waals surface area contributed by atoms with E-state index in [0.717, 1.165) is 32.4 Å². The highest BCUT2D eigenvalue weighted by Gasteiger charge is 2.29. The second-order valence-corrected chi connectivity index (χ2v) is 8.18. The summed E-state index contributed by atoms with van der Waals surface area (Å²) in [4.78, 5) is 14.3. The van der Waals surface area contributed by atoms with E-state index < -0.39 is 10.0 Å². The largest absolute Gasteiger partial charge is 0.339 e. The molecule has 0 saturated carbocycles. The van der Waals surface area contributed by atoms with Crippen LogP contribution in [-0.4, -0.2) is 44.6 Å². The summed E-state index contributed by atoms with van der Waals surface area (Å²) in [6.07, 6.45) is 3.52. The Balaban J connectivity index is 1.94. The third kappa shape index (κ3) is 2.94. The molecule has 120 valence electrons. The normalized spacial score (nSPS) is 21.1. The fourth-order valence-electron chi connectivity index (χ4n) is 3.00. The lowest BCUT2D eigenvalue weighted by Crippen LogP contribution is -2.38. The number of benzene rings is 1. The molecule has 5 nitrogen and oxygen atoms in total. The van der Waals surface area contributed by atoms with Crippen LogP contribution in [0.1, 0.15) is 36.0 Å². The molecular formula is C15H19ClN2O3S. The molecule has 2 heterocycles. The number of likely N-dealkylation sites (tertiary alicyclic amines) is 1. The Labute approximate surface area is 135 Å². The third-order valence-electron chi connectivity index (χ3n) is 4.20. The standard InChI is InChI=1S/C15H19ClN2O3S/c16-13-6-5-12(15(19)17-7-1-2-8-17)11-14(13)18-9-3-4-10-22(18,20)21/h5-6,11H,1-4,7-10H2. The highest BCUT2D eigenvalue weighted by Crippen LogP contribution is 2.32. The highest BCUT2D eigenvalue weighted by atomic mass is 35.5. The average Bonchev–Trinajstić information content (AvgIpc) is 3.01. The van der Waals surface area contributed by atoms with Crippen LogP contribution in [0.5, 0.6) is 0 Å². The Hall–Kier alpha value is -1.27. The van der Waals surface area contributed by atoms with E-state index in [1.165, 1.54) is 4.31 Å². The maximum absolute atomic E-state index is 12.5. The molecule has 22 heavy (non-hydrogen) atoms. The lowest BCUT2D eigenvalue weighted by atomic mass is 10.1. The maximum atomic E-state index is 12.5. The van der Waals surface area contributed by atoms with E-state index >= 15 is 0 Å². The molecular weight excluding hydrogens is 324 g/mol. The first-order valence-corrected chi connectivity index (χ1v) is 9.57. The SMILES string of the molecule is O=C(c1ccc(Cl)c(N2CCCCS2(=O)=O)c1)N1CCCC1. The van der Waals surface area contributed by atoms with Crippen molar-refractivity contribution in [3.05, 3.63) is 28.8 Å². The van der Waals surface area contributed by atoms with Crippen LogP contribution in [0.3, 0.4) is 0 Å². The lowest BCUT2D eigenvalue weighted by molar-refractivity contribution is 0.0793. The van der Waals surface area contributed by atoms with Crippen LogP contribution in [0.15, 0.2) is 18.2 Å². The van der Waals surface area contributed by atoms with E-state index in [2.05, 4.69) is 0 Å². The van der Waals surface area contributed by atoms with Gasteiger partial charge >= 0.3 is 0 Å². The molecule has 1 amide bonds. The van der Waals surface area contributed by atoms with Gasteiger partial charge in [0.15, 0.2) is 0 Å². The average molecular weight is 343 g/mol. The smallest absolute Gasteiger partial charge is 0.253 e.